The second-order valence-corrected chi connectivity index (χ2v) is 6.74. The number of aromatic nitrogens is 1. The van der Waals surface area contributed by atoms with Crippen LogP contribution in [0.1, 0.15) is 42.7 Å². The molecule has 6 heteroatoms. The number of hydrogen-bond donors (Lipinski definition) is 1. The van der Waals surface area contributed by atoms with Crippen LogP contribution in [0.3, 0.4) is 0 Å². The van der Waals surface area contributed by atoms with Crippen molar-refractivity contribution in [3.05, 3.63) is 90.1 Å². The van der Waals surface area contributed by atoms with Crippen LogP contribution >= 0.6 is 0 Å². The first-order valence-corrected chi connectivity index (χ1v) is 9.72. The highest BCUT2D eigenvalue weighted by molar-refractivity contribution is 5.88. The van der Waals surface area contributed by atoms with Crippen LogP contribution in [-0.4, -0.2) is 21.7 Å². The number of furan rings is 1. The van der Waals surface area contributed by atoms with Crippen molar-refractivity contribution in [3.8, 4) is 0 Å². The molecule has 2 heterocycles. The lowest BCUT2D eigenvalue weighted by Gasteiger charge is -2.30. The summed E-state index contributed by atoms with van der Waals surface area (Å²) in [7, 11) is 0. The Labute approximate surface area is 170 Å². The second-order valence-electron chi connectivity index (χ2n) is 6.74. The zero-order valence-electron chi connectivity index (χ0n) is 16.5. The molecule has 3 rings (SSSR count). The van der Waals surface area contributed by atoms with E-state index in [9.17, 15) is 9.59 Å². The summed E-state index contributed by atoms with van der Waals surface area (Å²) in [4.78, 5) is 31.9. The smallest absolute Gasteiger partial charge is 0.247 e. The number of carbonyl (C=O) groups excluding carboxylic acids is 2. The summed E-state index contributed by atoms with van der Waals surface area (Å²) in [5, 5.41) is 2.96. The molecule has 0 radical (unpaired) electrons. The minimum absolute atomic E-state index is 0.104. The predicted octanol–water partition coefficient (Wildman–Crippen LogP) is 3.86. The lowest BCUT2D eigenvalue weighted by molar-refractivity contribution is -0.142. The van der Waals surface area contributed by atoms with Gasteiger partial charge in [-0.15, -0.1) is 0 Å². The van der Waals surface area contributed by atoms with Crippen LogP contribution < -0.4 is 5.32 Å². The van der Waals surface area contributed by atoms with Crippen LogP contribution in [-0.2, 0) is 22.7 Å². The normalized spacial score (nSPS) is 11.6. The third-order valence-corrected chi connectivity index (χ3v) is 4.56. The molecule has 0 saturated heterocycles. The maximum Gasteiger partial charge on any atom is 0.247 e. The molecule has 150 valence electrons. The summed E-state index contributed by atoms with van der Waals surface area (Å²) in [5.74, 6) is 0.268. The molecule has 0 aliphatic rings. The number of nitrogens with one attached hydrogen (secondary N) is 1. The molecule has 0 fully saturated rings. The Morgan fingerprint density at radius 3 is 2.59 bits per heavy atom. The van der Waals surface area contributed by atoms with Crippen LogP contribution in [0, 0.1) is 0 Å². The Kier molecular flexibility index (Phi) is 7.16. The Bertz CT molecular complexity index is 896. The minimum atomic E-state index is -0.795. The number of pyridine rings is 1. The Hall–Kier alpha value is -3.41. The van der Waals surface area contributed by atoms with Gasteiger partial charge in [-0.05, 0) is 30.2 Å². The van der Waals surface area contributed by atoms with Gasteiger partial charge in [0.1, 0.15) is 11.8 Å². The summed E-state index contributed by atoms with van der Waals surface area (Å²) in [6.45, 7) is 2.54. The maximum atomic E-state index is 13.2. The van der Waals surface area contributed by atoms with Crippen molar-refractivity contribution in [2.45, 2.75) is 38.9 Å². The third-order valence-electron chi connectivity index (χ3n) is 4.56. The lowest BCUT2D eigenvalue weighted by Crippen LogP contribution is -2.43. The Balaban J connectivity index is 1.88. The van der Waals surface area contributed by atoms with Gasteiger partial charge in [0.25, 0.3) is 0 Å². The topological polar surface area (TPSA) is 75.4 Å². The highest BCUT2D eigenvalue weighted by Gasteiger charge is 2.31. The molecule has 2 amide bonds. The average Bonchev–Trinajstić information content (AvgIpc) is 3.27. The van der Waals surface area contributed by atoms with Gasteiger partial charge in [-0.3, -0.25) is 14.6 Å². The number of rotatable bonds is 9. The molecule has 1 aromatic carbocycles. The molecular weight excluding hydrogens is 366 g/mol. The highest BCUT2D eigenvalue weighted by Crippen LogP contribution is 2.24. The Morgan fingerprint density at radius 1 is 1.10 bits per heavy atom. The molecule has 0 aliphatic carbocycles. The van der Waals surface area contributed by atoms with Crippen LogP contribution in [0.2, 0.25) is 0 Å². The van der Waals surface area contributed by atoms with E-state index in [-0.39, 0.29) is 18.4 Å². The number of nitrogens with zero attached hydrogens (tertiary/aromatic N) is 2. The quantitative estimate of drug-likeness (QED) is 0.601. The SMILES string of the molecule is CCCC(=O)N(Cc1ccco1)C(C(=O)NCc1ccccc1)c1cccnc1. The van der Waals surface area contributed by atoms with Crippen LogP contribution in [0.25, 0.3) is 0 Å². The van der Waals surface area contributed by atoms with Gasteiger partial charge in [-0.2, -0.15) is 0 Å². The van der Waals surface area contributed by atoms with Crippen molar-refractivity contribution in [1.29, 1.82) is 0 Å². The first-order valence-electron chi connectivity index (χ1n) is 9.72. The van der Waals surface area contributed by atoms with E-state index in [4.69, 9.17) is 4.42 Å². The fraction of sp³-hybridized carbons (Fsp3) is 0.261. The van der Waals surface area contributed by atoms with Crippen LogP contribution in [0.15, 0.2) is 77.7 Å². The van der Waals surface area contributed by atoms with Gasteiger partial charge in [0.05, 0.1) is 12.8 Å². The van der Waals surface area contributed by atoms with Gasteiger partial charge in [-0.25, -0.2) is 0 Å². The first-order chi connectivity index (χ1) is 14.2. The van der Waals surface area contributed by atoms with E-state index in [1.807, 2.05) is 43.3 Å². The summed E-state index contributed by atoms with van der Waals surface area (Å²) < 4.78 is 5.45. The first kappa shape index (κ1) is 20.3. The predicted molar refractivity (Wildman–Crippen MR) is 109 cm³/mol. The molecular formula is C23H25N3O3. The average molecular weight is 391 g/mol. The highest BCUT2D eigenvalue weighted by atomic mass is 16.3. The lowest BCUT2D eigenvalue weighted by atomic mass is 10.0. The van der Waals surface area contributed by atoms with Crippen molar-refractivity contribution in [2.24, 2.45) is 0 Å². The monoisotopic (exact) mass is 391 g/mol. The third kappa shape index (κ3) is 5.54. The van der Waals surface area contributed by atoms with Crippen molar-refractivity contribution < 1.29 is 14.0 Å². The van der Waals surface area contributed by atoms with E-state index in [1.165, 1.54) is 0 Å². The van der Waals surface area contributed by atoms with E-state index >= 15 is 0 Å². The molecule has 1 N–H and O–H groups in total. The van der Waals surface area contributed by atoms with Gasteiger partial charge in [0, 0.05) is 30.9 Å². The molecule has 0 aliphatic heterocycles. The van der Waals surface area contributed by atoms with Gasteiger partial charge in [-0.1, -0.05) is 43.3 Å². The standard InChI is InChI=1S/C23H25N3O3/c1-2-8-21(27)26(17-20-12-7-14-29-20)22(19-11-6-13-24-16-19)23(28)25-15-18-9-4-3-5-10-18/h3-7,9-14,16,22H,2,8,15,17H2,1H3,(H,25,28). The summed E-state index contributed by atoms with van der Waals surface area (Å²) in [5.41, 5.74) is 1.65. The fourth-order valence-electron chi connectivity index (χ4n) is 3.14. The summed E-state index contributed by atoms with van der Waals surface area (Å²) >= 11 is 0. The zero-order chi connectivity index (χ0) is 20.5. The summed E-state index contributed by atoms with van der Waals surface area (Å²) in [6.07, 6.45) is 5.88. The Morgan fingerprint density at radius 2 is 1.93 bits per heavy atom. The largest absolute Gasteiger partial charge is 0.467 e. The molecule has 0 bridgehead atoms. The molecule has 1 atom stereocenters. The molecule has 0 spiro atoms. The van der Waals surface area contributed by atoms with Gasteiger partial charge < -0.3 is 14.6 Å². The van der Waals surface area contributed by atoms with Gasteiger partial charge in [0.2, 0.25) is 11.8 Å². The van der Waals surface area contributed by atoms with E-state index in [0.29, 0.717) is 30.7 Å². The van der Waals surface area contributed by atoms with Crippen molar-refractivity contribution in [2.75, 3.05) is 0 Å². The van der Waals surface area contributed by atoms with Gasteiger partial charge >= 0.3 is 0 Å². The van der Waals surface area contributed by atoms with E-state index in [1.54, 1.807) is 41.8 Å². The number of benzene rings is 1. The molecule has 2 aromatic heterocycles. The van der Waals surface area contributed by atoms with E-state index in [0.717, 1.165) is 5.56 Å². The molecule has 3 aromatic rings. The molecule has 29 heavy (non-hydrogen) atoms. The maximum absolute atomic E-state index is 13.2. The van der Waals surface area contributed by atoms with Gasteiger partial charge in [0.15, 0.2) is 0 Å². The van der Waals surface area contributed by atoms with E-state index < -0.39 is 6.04 Å². The van der Waals surface area contributed by atoms with E-state index in [2.05, 4.69) is 10.3 Å². The summed E-state index contributed by atoms with van der Waals surface area (Å²) in [6, 6.07) is 16.0. The van der Waals surface area contributed by atoms with Crippen molar-refractivity contribution in [1.82, 2.24) is 15.2 Å². The van der Waals surface area contributed by atoms with Crippen LogP contribution in [0.4, 0.5) is 0 Å². The fourth-order valence-corrected chi connectivity index (χ4v) is 3.14. The molecule has 0 saturated carbocycles. The second kappa shape index (κ2) is 10.2. The molecule has 1 unspecified atom stereocenters. The minimum Gasteiger partial charge on any atom is -0.467 e. The number of amides is 2. The van der Waals surface area contributed by atoms with Crippen molar-refractivity contribution in [3.63, 3.8) is 0 Å². The molecule has 6 nitrogen and oxygen atoms in total. The van der Waals surface area contributed by atoms with Crippen molar-refractivity contribution >= 4 is 11.8 Å². The van der Waals surface area contributed by atoms with Crippen LogP contribution in [0.5, 0.6) is 0 Å². The zero-order valence-corrected chi connectivity index (χ0v) is 16.5. The number of hydrogen-bond acceptors (Lipinski definition) is 4. The number of carbonyl (C=O) groups is 2.